The van der Waals surface area contributed by atoms with Crippen LogP contribution in [0.5, 0.6) is 11.5 Å². The minimum absolute atomic E-state index is 0.728. The van der Waals surface area contributed by atoms with Crippen molar-refractivity contribution >= 4 is 11.8 Å². The van der Waals surface area contributed by atoms with Crippen LogP contribution in [0.2, 0.25) is 0 Å². The van der Waals surface area contributed by atoms with Gasteiger partial charge in [0.25, 0.3) is 0 Å². The van der Waals surface area contributed by atoms with Crippen molar-refractivity contribution in [1.29, 1.82) is 0 Å². The maximum atomic E-state index is 5.70. The molecule has 1 N–H and O–H groups in total. The fraction of sp³-hybridized carbons (Fsp3) is 0.375. The quantitative estimate of drug-likeness (QED) is 0.655. The Morgan fingerprint density at radius 3 is 2.86 bits per heavy atom. The fourth-order valence-corrected chi connectivity index (χ4v) is 2.94. The number of nitrogens with one attached hydrogen (secondary N) is 1. The summed E-state index contributed by atoms with van der Waals surface area (Å²) < 4.78 is 16.6. The second-order valence-corrected chi connectivity index (χ2v) is 5.93. The number of fused-ring (bicyclic) bond motifs is 1. The van der Waals surface area contributed by atoms with E-state index in [9.17, 15) is 0 Å². The van der Waals surface area contributed by atoms with Crippen LogP contribution >= 0.6 is 11.8 Å². The minimum atomic E-state index is 0.728. The molecular weight excluding hydrogens is 286 g/mol. The van der Waals surface area contributed by atoms with Crippen molar-refractivity contribution in [3.8, 4) is 11.5 Å². The van der Waals surface area contributed by atoms with Gasteiger partial charge in [0.15, 0.2) is 11.5 Å². The maximum absolute atomic E-state index is 5.70. The van der Waals surface area contributed by atoms with Crippen LogP contribution < -0.4 is 14.8 Å². The number of rotatable bonds is 6. The standard InChI is InChI=1S/C16H19NO3S/c1-3-13(18-7-1)12-17-6-10-21-14-4-5-15-16(11-14)20-9-2-8-19-15/h1,3-5,7,11,17H,2,6,8-10,12H2. The lowest BCUT2D eigenvalue weighted by Crippen LogP contribution is -2.15. The number of benzene rings is 1. The van der Waals surface area contributed by atoms with Gasteiger partial charge in [0.2, 0.25) is 0 Å². The van der Waals surface area contributed by atoms with E-state index in [1.165, 1.54) is 4.90 Å². The SMILES string of the molecule is c1coc(CNCCSc2ccc3c(c2)OCCCO3)c1. The number of thioether (sulfide) groups is 1. The number of hydrogen-bond donors (Lipinski definition) is 1. The molecule has 0 aliphatic carbocycles. The summed E-state index contributed by atoms with van der Waals surface area (Å²) in [5, 5.41) is 3.36. The molecule has 1 aliphatic heterocycles. The Balaban J connectivity index is 1.44. The Bertz CT molecular complexity index is 557. The predicted octanol–water partition coefficient (Wildman–Crippen LogP) is 3.32. The summed E-state index contributed by atoms with van der Waals surface area (Å²) in [5.74, 6) is 3.68. The highest BCUT2D eigenvalue weighted by molar-refractivity contribution is 7.99. The molecule has 5 heteroatoms. The third-order valence-electron chi connectivity index (χ3n) is 3.15. The first kappa shape index (κ1) is 14.4. The summed E-state index contributed by atoms with van der Waals surface area (Å²) in [6, 6.07) is 10.0. The minimum Gasteiger partial charge on any atom is -0.490 e. The normalized spacial score (nSPS) is 13.9. The van der Waals surface area contributed by atoms with Gasteiger partial charge in [-0.05, 0) is 30.3 Å². The van der Waals surface area contributed by atoms with Gasteiger partial charge in [0.1, 0.15) is 5.76 Å². The second-order valence-electron chi connectivity index (χ2n) is 4.76. The Hall–Kier alpha value is -1.59. The molecule has 112 valence electrons. The van der Waals surface area contributed by atoms with Crippen LogP contribution in [0.25, 0.3) is 0 Å². The first-order chi connectivity index (χ1) is 10.4. The van der Waals surface area contributed by atoms with E-state index in [1.807, 2.05) is 30.0 Å². The molecule has 0 saturated heterocycles. The van der Waals surface area contributed by atoms with Crippen LogP contribution in [0.1, 0.15) is 12.2 Å². The molecule has 0 saturated carbocycles. The maximum Gasteiger partial charge on any atom is 0.162 e. The molecule has 0 fully saturated rings. The molecule has 0 atom stereocenters. The van der Waals surface area contributed by atoms with E-state index in [0.717, 1.165) is 55.7 Å². The molecule has 21 heavy (non-hydrogen) atoms. The van der Waals surface area contributed by atoms with Gasteiger partial charge in [-0.3, -0.25) is 0 Å². The molecule has 1 aliphatic rings. The molecule has 2 heterocycles. The zero-order valence-electron chi connectivity index (χ0n) is 11.8. The average Bonchev–Trinajstić information content (AvgIpc) is 2.91. The van der Waals surface area contributed by atoms with Gasteiger partial charge in [0.05, 0.1) is 26.0 Å². The molecule has 1 aromatic heterocycles. The zero-order valence-corrected chi connectivity index (χ0v) is 12.7. The Labute approximate surface area is 128 Å². The van der Waals surface area contributed by atoms with Crippen molar-refractivity contribution in [2.75, 3.05) is 25.5 Å². The van der Waals surface area contributed by atoms with Crippen molar-refractivity contribution < 1.29 is 13.9 Å². The van der Waals surface area contributed by atoms with Crippen LogP contribution in [0.15, 0.2) is 45.9 Å². The molecule has 0 bridgehead atoms. The smallest absolute Gasteiger partial charge is 0.162 e. The lowest BCUT2D eigenvalue weighted by molar-refractivity contribution is 0.297. The lowest BCUT2D eigenvalue weighted by Gasteiger charge is -2.09. The summed E-state index contributed by atoms with van der Waals surface area (Å²) >= 11 is 1.81. The van der Waals surface area contributed by atoms with Crippen LogP contribution in [-0.2, 0) is 6.54 Å². The first-order valence-corrected chi connectivity index (χ1v) is 8.16. The largest absolute Gasteiger partial charge is 0.490 e. The molecule has 4 nitrogen and oxygen atoms in total. The zero-order chi connectivity index (χ0) is 14.3. The third kappa shape index (κ3) is 4.19. The van der Waals surface area contributed by atoms with E-state index in [1.54, 1.807) is 6.26 Å². The van der Waals surface area contributed by atoms with Crippen molar-refractivity contribution in [2.24, 2.45) is 0 Å². The van der Waals surface area contributed by atoms with Crippen LogP contribution in [0, 0.1) is 0 Å². The molecule has 0 spiro atoms. The Kier molecular flexibility index (Phi) is 5.08. The van der Waals surface area contributed by atoms with E-state index < -0.39 is 0 Å². The van der Waals surface area contributed by atoms with Gasteiger partial charge in [-0.25, -0.2) is 0 Å². The van der Waals surface area contributed by atoms with Crippen LogP contribution in [0.4, 0.5) is 0 Å². The van der Waals surface area contributed by atoms with E-state index in [2.05, 4.69) is 17.4 Å². The monoisotopic (exact) mass is 305 g/mol. The van der Waals surface area contributed by atoms with Gasteiger partial charge in [-0.1, -0.05) is 0 Å². The molecule has 0 unspecified atom stereocenters. The highest BCUT2D eigenvalue weighted by Crippen LogP contribution is 2.33. The van der Waals surface area contributed by atoms with Gasteiger partial charge in [-0.2, -0.15) is 0 Å². The van der Waals surface area contributed by atoms with E-state index in [0.29, 0.717) is 0 Å². The molecule has 2 aromatic rings. The third-order valence-corrected chi connectivity index (χ3v) is 4.14. The summed E-state index contributed by atoms with van der Waals surface area (Å²) in [5.41, 5.74) is 0. The summed E-state index contributed by atoms with van der Waals surface area (Å²) in [4.78, 5) is 1.21. The summed E-state index contributed by atoms with van der Waals surface area (Å²) in [6.07, 6.45) is 2.64. The Morgan fingerprint density at radius 2 is 2.00 bits per heavy atom. The second kappa shape index (κ2) is 7.43. The van der Waals surface area contributed by atoms with Crippen molar-refractivity contribution in [1.82, 2.24) is 5.32 Å². The predicted molar refractivity (Wildman–Crippen MR) is 83.2 cm³/mol. The van der Waals surface area contributed by atoms with Crippen molar-refractivity contribution in [3.63, 3.8) is 0 Å². The van der Waals surface area contributed by atoms with E-state index in [-0.39, 0.29) is 0 Å². The van der Waals surface area contributed by atoms with Crippen molar-refractivity contribution in [2.45, 2.75) is 17.9 Å². The van der Waals surface area contributed by atoms with Gasteiger partial charge in [0, 0.05) is 23.6 Å². The van der Waals surface area contributed by atoms with E-state index in [4.69, 9.17) is 13.9 Å². The highest BCUT2D eigenvalue weighted by Gasteiger charge is 2.10. The topological polar surface area (TPSA) is 43.6 Å². The van der Waals surface area contributed by atoms with Crippen molar-refractivity contribution in [3.05, 3.63) is 42.4 Å². The average molecular weight is 305 g/mol. The van der Waals surface area contributed by atoms with Crippen LogP contribution in [-0.4, -0.2) is 25.5 Å². The van der Waals surface area contributed by atoms with E-state index >= 15 is 0 Å². The molecule has 3 rings (SSSR count). The number of ether oxygens (including phenoxy) is 2. The molecule has 0 radical (unpaired) electrons. The van der Waals surface area contributed by atoms with Gasteiger partial charge < -0.3 is 19.2 Å². The summed E-state index contributed by atoms with van der Waals surface area (Å²) in [6.45, 7) is 3.16. The highest BCUT2D eigenvalue weighted by atomic mass is 32.2. The lowest BCUT2D eigenvalue weighted by atomic mass is 10.3. The summed E-state index contributed by atoms with van der Waals surface area (Å²) in [7, 11) is 0. The Morgan fingerprint density at radius 1 is 1.10 bits per heavy atom. The van der Waals surface area contributed by atoms with Gasteiger partial charge in [-0.15, -0.1) is 11.8 Å². The number of furan rings is 1. The van der Waals surface area contributed by atoms with Gasteiger partial charge >= 0.3 is 0 Å². The molecular formula is C16H19NO3S. The first-order valence-electron chi connectivity index (χ1n) is 7.17. The molecule has 1 aromatic carbocycles. The molecule has 0 amide bonds. The van der Waals surface area contributed by atoms with Crippen LogP contribution in [0.3, 0.4) is 0 Å². The number of hydrogen-bond acceptors (Lipinski definition) is 5. The fourth-order valence-electron chi connectivity index (χ4n) is 2.10.